The Morgan fingerprint density at radius 2 is 1.25 bits per heavy atom. The van der Waals surface area contributed by atoms with Crippen LogP contribution in [0, 0.1) is 0 Å². The number of ether oxygens (including phenoxy) is 1. The van der Waals surface area contributed by atoms with E-state index in [1.165, 1.54) is 27.1 Å². The summed E-state index contributed by atoms with van der Waals surface area (Å²) < 4.78 is 6.31. The van der Waals surface area contributed by atoms with Crippen LogP contribution < -0.4 is 4.74 Å². The van der Waals surface area contributed by atoms with E-state index in [9.17, 15) is 0 Å². The van der Waals surface area contributed by atoms with Gasteiger partial charge in [0.1, 0.15) is 11.9 Å². The Hall–Kier alpha value is -2.80. The fourth-order valence-corrected chi connectivity index (χ4v) is 3.20. The molecule has 0 heterocycles. The standard InChI is InChI=1S/C23H20O/c1-2-23(21-12-11-17-7-3-5-9-19(17)15-21)24-22-14-13-18-8-4-6-10-20(18)16-22/h3-16,23H,2H2,1H3. The molecule has 0 aliphatic rings. The van der Waals surface area contributed by atoms with Crippen molar-refractivity contribution in [2.75, 3.05) is 0 Å². The highest BCUT2D eigenvalue weighted by atomic mass is 16.5. The van der Waals surface area contributed by atoms with E-state index >= 15 is 0 Å². The van der Waals surface area contributed by atoms with Gasteiger partial charge in [-0.1, -0.05) is 73.7 Å². The Kier molecular flexibility index (Phi) is 3.92. The van der Waals surface area contributed by atoms with E-state index in [0.29, 0.717) is 0 Å². The summed E-state index contributed by atoms with van der Waals surface area (Å²) in [5.41, 5.74) is 1.23. The second-order valence-electron chi connectivity index (χ2n) is 6.13. The second kappa shape index (κ2) is 6.37. The zero-order valence-electron chi connectivity index (χ0n) is 13.8. The first-order valence-corrected chi connectivity index (χ1v) is 8.47. The van der Waals surface area contributed by atoms with Gasteiger partial charge in [-0.25, -0.2) is 0 Å². The molecule has 0 fully saturated rings. The van der Waals surface area contributed by atoms with E-state index in [1.54, 1.807) is 0 Å². The average Bonchev–Trinajstić information content (AvgIpc) is 2.65. The SMILES string of the molecule is CCC(Oc1ccc2ccccc2c1)c1ccc2ccccc2c1. The van der Waals surface area contributed by atoms with Crippen molar-refractivity contribution in [3.05, 3.63) is 90.5 Å². The van der Waals surface area contributed by atoms with Crippen LogP contribution in [0.5, 0.6) is 5.75 Å². The van der Waals surface area contributed by atoms with Crippen molar-refractivity contribution in [3.63, 3.8) is 0 Å². The van der Waals surface area contributed by atoms with E-state index in [1.807, 2.05) is 0 Å². The average molecular weight is 312 g/mol. The molecule has 4 rings (SSSR count). The summed E-state index contributed by atoms with van der Waals surface area (Å²) in [4.78, 5) is 0. The number of hydrogen-bond donors (Lipinski definition) is 0. The number of fused-ring (bicyclic) bond motifs is 2. The van der Waals surface area contributed by atoms with E-state index in [0.717, 1.165) is 12.2 Å². The first-order valence-electron chi connectivity index (χ1n) is 8.47. The molecule has 0 saturated heterocycles. The Bertz CT molecular complexity index is 987. The van der Waals surface area contributed by atoms with Gasteiger partial charge in [0.25, 0.3) is 0 Å². The maximum absolute atomic E-state index is 6.31. The zero-order chi connectivity index (χ0) is 16.4. The third kappa shape index (κ3) is 2.85. The van der Waals surface area contributed by atoms with Gasteiger partial charge in [0.05, 0.1) is 0 Å². The molecule has 0 aromatic heterocycles. The van der Waals surface area contributed by atoms with Crippen molar-refractivity contribution >= 4 is 21.5 Å². The Balaban J connectivity index is 1.66. The monoisotopic (exact) mass is 312 g/mol. The van der Waals surface area contributed by atoms with Crippen molar-refractivity contribution in [1.29, 1.82) is 0 Å². The van der Waals surface area contributed by atoms with E-state index < -0.39 is 0 Å². The van der Waals surface area contributed by atoms with E-state index in [4.69, 9.17) is 4.74 Å². The molecule has 0 radical (unpaired) electrons. The minimum absolute atomic E-state index is 0.0655. The van der Waals surface area contributed by atoms with Gasteiger partial charge in [0.15, 0.2) is 0 Å². The molecule has 1 nitrogen and oxygen atoms in total. The summed E-state index contributed by atoms with van der Waals surface area (Å²) >= 11 is 0. The van der Waals surface area contributed by atoms with Crippen LogP contribution in [-0.4, -0.2) is 0 Å². The third-order valence-corrected chi connectivity index (χ3v) is 4.52. The molecule has 0 spiro atoms. The predicted molar refractivity (Wildman–Crippen MR) is 102 cm³/mol. The van der Waals surface area contributed by atoms with Crippen molar-refractivity contribution in [1.82, 2.24) is 0 Å². The lowest BCUT2D eigenvalue weighted by Gasteiger charge is -2.19. The molecule has 24 heavy (non-hydrogen) atoms. The van der Waals surface area contributed by atoms with Gasteiger partial charge in [0, 0.05) is 0 Å². The molecule has 0 aliphatic carbocycles. The molecule has 0 amide bonds. The van der Waals surface area contributed by atoms with Crippen molar-refractivity contribution in [3.8, 4) is 5.75 Å². The summed E-state index contributed by atoms with van der Waals surface area (Å²) in [6, 6.07) is 29.7. The van der Waals surface area contributed by atoms with Gasteiger partial charge in [-0.15, -0.1) is 0 Å². The molecule has 0 aliphatic heterocycles. The van der Waals surface area contributed by atoms with Crippen molar-refractivity contribution in [2.24, 2.45) is 0 Å². The summed E-state index contributed by atoms with van der Waals surface area (Å²) in [6.07, 6.45) is 1.00. The van der Waals surface area contributed by atoms with Gasteiger partial charge in [-0.3, -0.25) is 0 Å². The molecule has 4 aromatic carbocycles. The van der Waals surface area contributed by atoms with Gasteiger partial charge >= 0.3 is 0 Å². The smallest absolute Gasteiger partial charge is 0.123 e. The van der Waals surface area contributed by atoms with E-state index in [-0.39, 0.29) is 6.10 Å². The molecule has 0 bridgehead atoms. The number of rotatable bonds is 4. The molecule has 0 saturated carbocycles. The predicted octanol–water partition coefficient (Wildman–Crippen LogP) is 6.52. The summed E-state index contributed by atoms with van der Waals surface area (Å²) in [7, 11) is 0. The van der Waals surface area contributed by atoms with Crippen LogP contribution in [0.1, 0.15) is 25.0 Å². The summed E-state index contributed by atoms with van der Waals surface area (Å²) in [5.74, 6) is 0.925. The lowest BCUT2D eigenvalue weighted by molar-refractivity contribution is 0.202. The van der Waals surface area contributed by atoms with Gasteiger partial charge in [-0.2, -0.15) is 0 Å². The molecule has 0 N–H and O–H groups in total. The highest BCUT2D eigenvalue weighted by molar-refractivity contribution is 5.84. The highest BCUT2D eigenvalue weighted by Gasteiger charge is 2.12. The topological polar surface area (TPSA) is 9.23 Å². The first kappa shape index (κ1) is 14.8. The van der Waals surface area contributed by atoms with Crippen LogP contribution in [0.2, 0.25) is 0 Å². The van der Waals surface area contributed by atoms with E-state index in [2.05, 4.69) is 91.9 Å². The largest absolute Gasteiger partial charge is 0.486 e. The first-order chi connectivity index (χ1) is 11.8. The van der Waals surface area contributed by atoms with Crippen molar-refractivity contribution in [2.45, 2.75) is 19.4 Å². The van der Waals surface area contributed by atoms with Crippen LogP contribution >= 0.6 is 0 Å². The Morgan fingerprint density at radius 3 is 1.92 bits per heavy atom. The van der Waals surface area contributed by atoms with Crippen LogP contribution in [0.15, 0.2) is 84.9 Å². The lowest BCUT2D eigenvalue weighted by atomic mass is 10.0. The van der Waals surface area contributed by atoms with Crippen LogP contribution in [0.25, 0.3) is 21.5 Å². The zero-order valence-corrected chi connectivity index (χ0v) is 13.8. The maximum Gasteiger partial charge on any atom is 0.123 e. The minimum Gasteiger partial charge on any atom is -0.486 e. The Labute approximate surface area is 142 Å². The molecular weight excluding hydrogens is 292 g/mol. The third-order valence-electron chi connectivity index (χ3n) is 4.52. The van der Waals surface area contributed by atoms with Crippen molar-refractivity contribution < 1.29 is 4.74 Å². The maximum atomic E-state index is 6.31. The lowest BCUT2D eigenvalue weighted by Crippen LogP contribution is -2.06. The normalized spacial score (nSPS) is 12.4. The number of benzene rings is 4. The fourth-order valence-electron chi connectivity index (χ4n) is 3.20. The quantitative estimate of drug-likeness (QED) is 0.416. The fraction of sp³-hybridized carbons (Fsp3) is 0.130. The van der Waals surface area contributed by atoms with Crippen LogP contribution in [0.4, 0.5) is 0 Å². The Morgan fingerprint density at radius 1 is 0.667 bits per heavy atom. The minimum atomic E-state index is 0.0655. The molecule has 1 unspecified atom stereocenters. The molecular formula is C23H20O. The second-order valence-corrected chi connectivity index (χ2v) is 6.13. The van der Waals surface area contributed by atoms with Gasteiger partial charge in [0.2, 0.25) is 0 Å². The molecule has 1 heteroatoms. The molecule has 1 atom stereocenters. The summed E-state index contributed by atoms with van der Waals surface area (Å²) in [6.45, 7) is 2.17. The van der Waals surface area contributed by atoms with Gasteiger partial charge in [-0.05, 0) is 51.7 Å². The highest BCUT2D eigenvalue weighted by Crippen LogP contribution is 2.29. The van der Waals surface area contributed by atoms with Crippen LogP contribution in [0.3, 0.4) is 0 Å². The van der Waals surface area contributed by atoms with Gasteiger partial charge < -0.3 is 4.74 Å². The molecule has 4 aromatic rings. The number of hydrogen-bond acceptors (Lipinski definition) is 1. The molecule has 118 valence electrons. The summed E-state index contributed by atoms with van der Waals surface area (Å²) in [5, 5.41) is 4.98. The van der Waals surface area contributed by atoms with Crippen LogP contribution in [-0.2, 0) is 0 Å².